The Labute approximate surface area is 639 Å². The third kappa shape index (κ3) is 24.0. The molecule has 16 N–H and O–H groups in total. The molecule has 9 unspecified atom stereocenters. The molecule has 15 rings (SSSR count). The number of halogens is 3. The lowest BCUT2D eigenvalue weighted by Gasteiger charge is -2.15. The van der Waals surface area contributed by atoms with Gasteiger partial charge in [0.25, 0.3) is 9.24 Å². The van der Waals surface area contributed by atoms with Crippen LogP contribution in [0.3, 0.4) is 0 Å². The first-order valence-electron chi connectivity index (χ1n) is 32.5. The van der Waals surface area contributed by atoms with Gasteiger partial charge in [-0.3, -0.25) is 4.18 Å². The number of anilines is 2. The van der Waals surface area contributed by atoms with E-state index in [1.165, 1.54) is 66.2 Å². The molecule has 0 bridgehead atoms. The molecule has 0 aliphatic heterocycles. The summed E-state index contributed by atoms with van der Waals surface area (Å²) in [6.07, 6.45) is 16.9. The number of aryl methyl sites for hydroxylation is 3. The Bertz CT molecular complexity index is 4710. The highest BCUT2D eigenvalue weighted by atomic mass is 35.7. The van der Waals surface area contributed by atoms with Crippen molar-refractivity contribution in [3.05, 3.63) is 130 Å². The van der Waals surface area contributed by atoms with Crippen molar-refractivity contribution in [2.75, 3.05) is 30.5 Å². The zero-order valence-electron chi connectivity index (χ0n) is 57.6. The smallest absolute Gasteiger partial charge is 0.333 e. The van der Waals surface area contributed by atoms with Gasteiger partial charge in [0, 0.05) is 63.0 Å². The van der Waals surface area contributed by atoms with E-state index in [-0.39, 0.29) is 114 Å². The molecule has 9 aromatic rings. The van der Waals surface area contributed by atoms with Crippen LogP contribution in [-0.2, 0) is 43.0 Å². The summed E-state index contributed by atoms with van der Waals surface area (Å²) in [7, 11) is -3.47. The summed E-state index contributed by atoms with van der Waals surface area (Å²) in [6, 6.07) is 29.2. The van der Waals surface area contributed by atoms with E-state index in [0.29, 0.717) is 89.7 Å². The van der Waals surface area contributed by atoms with Crippen molar-refractivity contribution in [2.24, 2.45) is 33.8 Å². The minimum atomic E-state index is -4.05. The Morgan fingerprint density at radius 3 is 1.32 bits per heavy atom. The molecule has 574 valence electrons. The van der Waals surface area contributed by atoms with Crippen LogP contribution in [0.2, 0.25) is 5.15 Å². The zero-order chi connectivity index (χ0) is 73.7. The molecule has 3 aromatic carbocycles. The normalized spacial score (nSPS) is 22.2. The van der Waals surface area contributed by atoms with E-state index in [9.17, 15) is 37.3 Å². The number of aromatic nitrogens is 15. The van der Waals surface area contributed by atoms with Crippen LogP contribution in [-0.4, -0.2) is 155 Å². The second-order valence-corrected chi connectivity index (χ2v) is 28.2. The van der Waals surface area contributed by atoms with Gasteiger partial charge in [0.15, 0.2) is 50.3 Å². The summed E-state index contributed by atoms with van der Waals surface area (Å²) in [6.45, 7) is 4.35. The van der Waals surface area contributed by atoms with Gasteiger partial charge in [0.1, 0.15) is 19.0 Å². The lowest BCUT2D eigenvalue weighted by Crippen LogP contribution is -2.24. The number of nitrogens with zero attached hydrogens (tertiary/aromatic N) is 17. The van der Waals surface area contributed by atoms with Crippen LogP contribution in [0.1, 0.15) is 157 Å². The molecular formula is C67H92Cl3N23O10S3. The van der Waals surface area contributed by atoms with Crippen molar-refractivity contribution in [3.8, 4) is 36.3 Å². The molecule has 6 aliphatic rings. The van der Waals surface area contributed by atoms with Gasteiger partial charge in [0.05, 0.1) is 67.3 Å². The number of hydrogen-bond donors (Lipinski definition) is 11. The first-order valence-corrected chi connectivity index (χ1v) is 36.7. The number of benzene rings is 3. The number of nitriles is 2. The van der Waals surface area contributed by atoms with E-state index in [1.54, 1.807) is 33.1 Å². The van der Waals surface area contributed by atoms with Crippen LogP contribution < -0.4 is 32.8 Å². The summed E-state index contributed by atoms with van der Waals surface area (Å²) in [4.78, 5) is 25.5. The predicted molar refractivity (Wildman–Crippen MR) is 410 cm³/mol. The molecule has 0 spiro atoms. The second-order valence-electron chi connectivity index (χ2n) is 24.4. The second kappa shape index (κ2) is 42.8. The predicted octanol–water partition coefficient (Wildman–Crippen LogP) is 7.00. The fourth-order valence-electron chi connectivity index (χ4n) is 13.2. The van der Waals surface area contributed by atoms with Crippen LogP contribution in [0, 0.1) is 64.6 Å². The Morgan fingerprint density at radius 2 is 0.953 bits per heavy atom. The third-order valence-corrected chi connectivity index (χ3v) is 18.6. The van der Waals surface area contributed by atoms with Crippen molar-refractivity contribution < 1.29 is 48.0 Å². The van der Waals surface area contributed by atoms with Crippen LogP contribution in [0.15, 0.2) is 91.8 Å². The lowest BCUT2D eigenvalue weighted by molar-refractivity contribution is 0.0901. The van der Waals surface area contributed by atoms with Crippen LogP contribution in [0.4, 0.5) is 11.6 Å². The fraction of sp³-hybridized carbons (Fsp3) is 0.463. The molecule has 3 fully saturated rings. The Morgan fingerprint density at radius 1 is 0.604 bits per heavy atom. The van der Waals surface area contributed by atoms with E-state index in [0.717, 1.165) is 38.5 Å². The maximum Gasteiger partial charge on any atom is 0.333 e. The van der Waals surface area contributed by atoms with Gasteiger partial charge in [-0.25, -0.2) is 54.2 Å². The SMILES string of the molecule is C.C#CC#CC.CC#N.CC#N.Cl.N.NS(=O)(=O)Cl.NS(=O)(=O)OCC1CC(n2nnc3c(N[C@H]4CCc5ccccc54)ncnc32)CC1O.N[C@H]1CCc2ccccc21.OCC1CC(n2nnc3c(Cl)ncnc32)CC1O.OCC1CC(n2nnc3c(N[C@H]4CCc5ccccc54)ncnc32)CC1O.S.[HH]. The van der Waals surface area contributed by atoms with Crippen LogP contribution in [0.5, 0.6) is 0 Å². The van der Waals surface area contributed by atoms with Gasteiger partial charge >= 0.3 is 10.3 Å². The van der Waals surface area contributed by atoms with Crippen molar-refractivity contribution in [1.29, 1.82) is 10.5 Å². The summed E-state index contributed by atoms with van der Waals surface area (Å²) in [5.41, 5.74) is 17.4. The number of nitrogens with two attached hydrogens (primary N) is 3. The first-order chi connectivity index (χ1) is 49.0. The summed E-state index contributed by atoms with van der Waals surface area (Å²) in [5, 5.41) is 105. The van der Waals surface area contributed by atoms with Gasteiger partial charge in [0.2, 0.25) is 0 Å². The molecule has 39 heteroatoms. The average molecular weight is 1580 g/mol. The summed E-state index contributed by atoms with van der Waals surface area (Å²) >= 11 is 5.91. The molecular weight excluding hydrogens is 1490 g/mol. The van der Waals surface area contributed by atoms with Crippen molar-refractivity contribution in [3.63, 3.8) is 0 Å². The van der Waals surface area contributed by atoms with Crippen molar-refractivity contribution in [1.82, 2.24) is 81.0 Å². The average Bonchev–Trinajstić information content (AvgIpc) is 1.65. The Kier molecular flexibility index (Phi) is 36.3. The molecule has 0 amide bonds. The fourth-order valence-corrected chi connectivity index (χ4v) is 13.7. The van der Waals surface area contributed by atoms with Crippen LogP contribution >= 0.6 is 48.2 Å². The van der Waals surface area contributed by atoms with E-state index >= 15 is 0 Å². The molecule has 106 heavy (non-hydrogen) atoms. The standard InChI is InChI=1S/C19H23N7O4S.C19H22N6O2.C10H12ClN5O2.C9H11N.C5H4.2C2H3N.CH4.ClH2NO2S.ClH.H3N.H2S.H2/c20-31(28,29)30-9-12-7-13(8-16(12)27)26-19-17(24-25-26)18(21-10-22-19)23-15-6-5-11-3-1-2-4-14(11)15;26-9-12-7-13(8-16(12)27)25-19-17(23-24-25)18(20-10-21-19)22-15-6-5-11-3-1-2-4-14(11)15;11-9-8-10(13-4-12-9)16(15-14-8)6-1-5(3-17)7(18)2-6;10-9-6-5-7-3-1-2-4-8(7)9;1-3-5-4-2;2*1-2-3;;1-5(2,3)4;;;;/h1-4,10,12-13,15-16,27H,5-9H2,(H2,20,28,29)(H,21,22,23);1-4,10,12-13,15-16,26-27H,5-9H2,(H,20,21,22);4-7,17-18H,1-3H2;1-4,9H,5-6,10H2;1H,2H3;2*1H3;1H4;(H2,2,3,4);1H;1H3;1H2;1H/t2*12?,13?,15-,16?;;9-;;;;;;;;;/m00.0........./s1. The van der Waals surface area contributed by atoms with Crippen molar-refractivity contribution in [2.45, 2.75) is 160 Å². The molecule has 3 saturated carbocycles. The van der Waals surface area contributed by atoms with E-state index < -0.39 is 37.9 Å². The topological polar surface area (TPSA) is 533 Å². The molecule has 0 radical (unpaired) electrons. The maximum atomic E-state index is 11.1. The Balaban J connectivity index is 0.000000355. The third-order valence-electron chi connectivity index (χ3n) is 17.9. The largest absolute Gasteiger partial charge is 0.396 e. The quantitative estimate of drug-likeness (QED) is 0.0333. The number of rotatable bonds is 12. The minimum Gasteiger partial charge on any atom is -0.396 e. The molecule has 33 nitrogen and oxygen atoms in total. The van der Waals surface area contributed by atoms with Gasteiger partial charge in [-0.15, -0.1) is 34.1 Å². The van der Waals surface area contributed by atoms with E-state index in [4.69, 9.17) is 44.5 Å². The molecule has 0 saturated heterocycles. The molecule has 6 aromatic heterocycles. The van der Waals surface area contributed by atoms with E-state index in [1.807, 2.05) is 12.1 Å². The van der Waals surface area contributed by atoms with Crippen molar-refractivity contribution >= 4 is 113 Å². The monoisotopic (exact) mass is 1580 g/mol. The number of fused-ring (bicyclic) bond motifs is 6. The highest BCUT2D eigenvalue weighted by molar-refractivity contribution is 8.11. The lowest BCUT2D eigenvalue weighted by atomic mass is 10.1. The summed E-state index contributed by atoms with van der Waals surface area (Å²) < 4.78 is 50.2. The molecule has 12 atom stereocenters. The van der Waals surface area contributed by atoms with Gasteiger partial charge in [-0.2, -0.15) is 40.9 Å². The number of aliphatic hydroxyl groups excluding tert-OH is 5. The first kappa shape index (κ1) is 89.9. The van der Waals surface area contributed by atoms with Gasteiger partial charge < -0.3 is 48.1 Å². The highest BCUT2D eigenvalue weighted by Crippen LogP contribution is 2.41. The molecule has 6 heterocycles. The molecule has 6 aliphatic carbocycles. The van der Waals surface area contributed by atoms with Crippen LogP contribution in [0.25, 0.3) is 33.5 Å². The zero-order valence-corrected chi connectivity index (χ0v) is 62.5. The minimum absolute atomic E-state index is 0. The maximum absolute atomic E-state index is 11.1. The van der Waals surface area contributed by atoms with Gasteiger partial charge in [-0.05, 0) is 129 Å². The van der Waals surface area contributed by atoms with Gasteiger partial charge in [-0.1, -0.05) is 113 Å². The summed E-state index contributed by atoms with van der Waals surface area (Å²) in [5.74, 6) is 7.76. The number of nitrogens with one attached hydrogen (secondary N) is 2. The number of hydrogen-bond acceptors (Lipinski definition) is 28. The number of aliphatic hydroxyl groups is 5. The Hall–Kier alpha value is -8.48. The number of terminal acetylenes is 1. The van der Waals surface area contributed by atoms with E-state index in [2.05, 4.69) is 170 Å². The highest BCUT2D eigenvalue weighted by Gasteiger charge is 2.39.